The predicted octanol–water partition coefficient (Wildman–Crippen LogP) is 0.977. The minimum absolute atomic E-state index is 0.141. The molecule has 1 rings (SSSR count). The molecule has 0 saturated heterocycles. The Morgan fingerprint density at radius 1 is 1.19 bits per heavy atom. The molecule has 0 heterocycles. The molecule has 7 nitrogen and oxygen atoms in total. The Bertz CT molecular complexity index is 513. The number of esters is 1. The number of nitrogens with one attached hydrogen (secondary N) is 3. The van der Waals surface area contributed by atoms with Gasteiger partial charge in [-0.2, -0.15) is 0 Å². The maximum Gasteiger partial charge on any atom is 0.337 e. The van der Waals surface area contributed by atoms with E-state index >= 15 is 0 Å². The van der Waals surface area contributed by atoms with Crippen LogP contribution in [-0.2, 0) is 9.53 Å². The summed E-state index contributed by atoms with van der Waals surface area (Å²) in [6.07, 6.45) is 0. The summed E-state index contributed by atoms with van der Waals surface area (Å²) in [7, 11) is 2.84. The van der Waals surface area contributed by atoms with Crippen LogP contribution in [0.2, 0.25) is 0 Å². The van der Waals surface area contributed by atoms with Crippen LogP contribution in [0.3, 0.4) is 0 Å². The Labute approximate surface area is 123 Å². The molecule has 0 aliphatic rings. The smallest absolute Gasteiger partial charge is 0.337 e. The Hall–Kier alpha value is -2.57. The largest absolute Gasteiger partial charge is 0.465 e. The lowest BCUT2D eigenvalue weighted by Gasteiger charge is -2.12. The normalized spacial score (nSPS) is 11.2. The van der Waals surface area contributed by atoms with Crippen LogP contribution in [-0.4, -0.2) is 38.6 Å². The van der Waals surface area contributed by atoms with E-state index in [1.165, 1.54) is 7.11 Å². The van der Waals surface area contributed by atoms with Gasteiger partial charge in [-0.3, -0.25) is 4.79 Å². The van der Waals surface area contributed by atoms with Crippen molar-refractivity contribution in [2.24, 2.45) is 5.92 Å². The molecule has 0 aromatic heterocycles. The number of carbonyl (C=O) groups excluding carboxylic acids is 3. The topological polar surface area (TPSA) is 96.5 Å². The van der Waals surface area contributed by atoms with Crippen molar-refractivity contribution >= 4 is 23.6 Å². The first-order valence-electron chi connectivity index (χ1n) is 6.42. The highest BCUT2D eigenvalue weighted by Crippen LogP contribution is 2.10. The summed E-state index contributed by atoms with van der Waals surface area (Å²) in [5.41, 5.74) is 0.935. The zero-order chi connectivity index (χ0) is 15.8. The quantitative estimate of drug-likeness (QED) is 0.705. The van der Waals surface area contributed by atoms with Crippen LogP contribution in [0.4, 0.5) is 10.5 Å². The molecule has 7 heteroatoms. The van der Waals surface area contributed by atoms with Gasteiger partial charge in [0, 0.05) is 19.3 Å². The minimum atomic E-state index is -0.439. The second kappa shape index (κ2) is 7.88. The van der Waals surface area contributed by atoms with Gasteiger partial charge < -0.3 is 20.7 Å². The standard InChI is InChI=1S/C14H19N3O4/c1-9(12(18)15-2)8-16-14(20)17-11-6-4-10(5-7-11)13(19)21-3/h4-7,9H,8H2,1-3H3,(H,15,18)(H2,16,17,20)/t9-/m0/s1. The Morgan fingerprint density at radius 3 is 2.33 bits per heavy atom. The first kappa shape index (κ1) is 16.5. The molecule has 1 aromatic carbocycles. The van der Waals surface area contributed by atoms with Crippen LogP contribution in [0, 0.1) is 5.92 Å². The second-order valence-electron chi connectivity index (χ2n) is 4.42. The third-order valence-corrected chi connectivity index (χ3v) is 2.83. The third kappa shape index (κ3) is 5.13. The first-order valence-corrected chi connectivity index (χ1v) is 6.42. The maximum atomic E-state index is 11.7. The molecule has 3 N–H and O–H groups in total. The third-order valence-electron chi connectivity index (χ3n) is 2.83. The van der Waals surface area contributed by atoms with Crippen molar-refractivity contribution in [1.29, 1.82) is 0 Å². The van der Waals surface area contributed by atoms with Crippen molar-refractivity contribution in [3.63, 3.8) is 0 Å². The number of rotatable bonds is 5. The number of urea groups is 1. The van der Waals surface area contributed by atoms with Crippen molar-refractivity contribution in [2.75, 3.05) is 26.0 Å². The number of amides is 3. The van der Waals surface area contributed by atoms with Gasteiger partial charge in [0.2, 0.25) is 5.91 Å². The fraction of sp³-hybridized carbons (Fsp3) is 0.357. The van der Waals surface area contributed by atoms with Crippen molar-refractivity contribution in [3.8, 4) is 0 Å². The summed E-state index contributed by atoms with van der Waals surface area (Å²) in [5.74, 6) is -0.898. The summed E-state index contributed by atoms with van der Waals surface area (Å²) in [6.45, 7) is 1.94. The molecular formula is C14H19N3O4. The lowest BCUT2D eigenvalue weighted by Crippen LogP contribution is -2.37. The molecule has 0 unspecified atom stereocenters. The average Bonchev–Trinajstić information content (AvgIpc) is 2.51. The molecule has 0 radical (unpaired) electrons. The van der Waals surface area contributed by atoms with E-state index in [0.717, 1.165) is 0 Å². The van der Waals surface area contributed by atoms with Crippen LogP contribution in [0.1, 0.15) is 17.3 Å². The van der Waals surface area contributed by atoms with Gasteiger partial charge in [0.25, 0.3) is 0 Å². The van der Waals surface area contributed by atoms with Crippen molar-refractivity contribution in [1.82, 2.24) is 10.6 Å². The number of anilines is 1. The Morgan fingerprint density at radius 2 is 1.81 bits per heavy atom. The van der Waals surface area contributed by atoms with Gasteiger partial charge in [0.15, 0.2) is 0 Å². The molecule has 0 aliphatic heterocycles. The van der Waals surface area contributed by atoms with Crippen LogP contribution >= 0.6 is 0 Å². The number of methoxy groups -OCH3 is 1. The molecule has 1 aromatic rings. The van der Waals surface area contributed by atoms with E-state index in [0.29, 0.717) is 11.3 Å². The van der Waals surface area contributed by atoms with E-state index in [2.05, 4.69) is 20.7 Å². The Balaban J connectivity index is 2.48. The Kier molecular flexibility index (Phi) is 6.19. The van der Waals surface area contributed by atoms with E-state index in [4.69, 9.17) is 0 Å². The molecule has 3 amide bonds. The van der Waals surface area contributed by atoms with Gasteiger partial charge in [0.1, 0.15) is 0 Å². The summed E-state index contributed by atoms with van der Waals surface area (Å²) in [4.78, 5) is 34.2. The molecule has 114 valence electrons. The average molecular weight is 293 g/mol. The van der Waals surface area contributed by atoms with E-state index in [1.54, 1.807) is 38.2 Å². The monoisotopic (exact) mass is 293 g/mol. The number of benzene rings is 1. The van der Waals surface area contributed by atoms with E-state index in [9.17, 15) is 14.4 Å². The van der Waals surface area contributed by atoms with E-state index < -0.39 is 12.0 Å². The summed E-state index contributed by atoms with van der Waals surface area (Å²) >= 11 is 0. The van der Waals surface area contributed by atoms with Gasteiger partial charge in [-0.25, -0.2) is 9.59 Å². The SMILES string of the molecule is CNC(=O)[C@@H](C)CNC(=O)Nc1ccc(C(=O)OC)cc1. The highest BCUT2D eigenvalue weighted by molar-refractivity contribution is 5.92. The summed E-state index contributed by atoms with van der Waals surface area (Å²) in [6, 6.07) is 5.86. The number of ether oxygens (including phenoxy) is 1. The van der Waals surface area contributed by atoms with E-state index in [-0.39, 0.29) is 18.4 Å². The van der Waals surface area contributed by atoms with Gasteiger partial charge in [0.05, 0.1) is 18.6 Å². The second-order valence-corrected chi connectivity index (χ2v) is 4.42. The van der Waals surface area contributed by atoms with Crippen LogP contribution in [0.5, 0.6) is 0 Å². The predicted molar refractivity (Wildman–Crippen MR) is 78.0 cm³/mol. The zero-order valence-corrected chi connectivity index (χ0v) is 12.2. The zero-order valence-electron chi connectivity index (χ0n) is 12.2. The van der Waals surface area contributed by atoms with Crippen LogP contribution < -0.4 is 16.0 Å². The van der Waals surface area contributed by atoms with Crippen molar-refractivity contribution in [2.45, 2.75) is 6.92 Å². The lowest BCUT2D eigenvalue weighted by atomic mass is 10.1. The maximum absolute atomic E-state index is 11.7. The number of hydrogen-bond donors (Lipinski definition) is 3. The van der Waals surface area contributed by atoms with Gasteiger partial charge in [-0.05, 0) is 24.3 Å². The first-order chi connectivity index (χ1) is 9.97. The highest BCUT2D eigenvalue weighted by Gasteiger charge is 2.12. The summed E-state index contributed by atoms with van der Waals surface area (Å²) < 4.78 is 4.58. The molecule has 21 heavy (non-hydrogen) atoms. The molecule has 0 bridgehead atoms. The molecular weight excluding hydrogens is 274 g/mol. The molecule has 0 saturated carbocycles. The van der Waals surface area contributed by atoms with Crippen molar-refractivity contribution < 1.29 is 19.1 Å². The number of hydrogen-bond acceptors (Lipinski definition) is 4. The van der Waals surface area contributed by atoms with Crippen LogP contribution in [0.25, 0.3) is 0 Å². The number of carbonyl (C=O) groups is 3. The molecule has 0 fully saturated rings. The lowest BCUT2D eigenvalue weighted by molar-refractivity contribution is -0.123. The molecule has 0 aliphatic carbocycles. The molecule has 1 atom stereocenters. The van der Waals surface area contributed by atoms with E-state index in [1.807, 2.05) is 0 Å². The fourth-order valence-electron chi connectivity index (χ4n) is 1.57. The summed E-state index contributed by atoms with van der Waals surface area (Å²) in [5, 5.41) is 7.70. The van der Waals surface area contributed by atoms with Crippen LogP contribution in [0.15, 0.2) is 24.3 Å². The van der Waals surface area contributed by atoms with Gasteiger partial charge >= 0.3 is 12.0 Å². The fourth-order valence-corrected chi connectivity index (χ4v) is 1.57. The van der Waals surface area contributed by atoms with Gasteiger partial charge in [-0.15, -0.1) is 0 Å². The minimum Gasteiger partial charge on any atom is -0.465 e. The van der Waals surface area contributed by atoms with Gasteiger partial charge in [-0.1, -0.05) is 6.92 Å². The molecule has 0 spiro atoms. The van der Waals surface area contributed by atoms with Crippen molar-refractivity contribution in [3.05, 3.63) is 29.8 Å². The highest BCUT2D eigenvalue weighted by atomic mass is 16.5.